The molecule has 0 spiro atoms. The van der Waals surface area contributed by atoms with Crippen LogP contribution in [0.2, 0.25) is 0 Å². The second kappa shape index (κ2) is 8.39. The predicted octanol–water partition coefficient (Wildman–Crippen LogP) is 3.44. The predicted molar refractivity (Wildman–Crippen MR) is 95.7 cm³/mol. The molecular formula is C20H25NO3. The summed E-state index contributed by atoms with van der Waals surface area (Å²) in [5.74, 6) is 1.43. The first-order valence-electron chi connectivity index (χ1n) is 8.14. The second-order valence-corrected chi connectivity index (χ2v) is 5.93. The number of amides is 1. The van der Waals surface area contributed by atoms with Gasteiger partial charge in [0.05, 0.1) is 7.11 Å². The summed E-state index contributed by atoms with van der Waals surface area (Å²) in [5, 5.41) is 2.92. The number of nitrogens with one attached hydrogen (secondary N) is 1. The highest BCUT2D eigenvalue weighted by Crippen LogP contribution is 2.20. The van der Waals surface area contributed by atoms with Crippen LogP contribution in [0.15, 0.2) is 42.5 Å². The molecule has 0 radical (unpaired) electrons. The summed E-state index contributed by atoms with van der Waals surface area (Å²) in [5.41, 5.74) is 3.37. The Hall–Kier alpha value is -2.49. The fourth-order valence-corrected chi connectivity index (χ4v) is 2.51. The van der Waals surface area contributed by atoms with E-state index in [1.807, 2.05) is 50.2 Å². The highest BCUT2D eigenvalue weighted by molar-refractivity contribution is 5.80. The number of aryl methyl sites for hydroxylation is 2. The monoisotopic (exact) mass is 327 g/mol. The Morgan fingerprint density at radius 3 is 2.58 bits per heavy atom. The minimum atomic E-state index is -0.536. The maximum absolute atomic E-state index is 12.2. The Kier molecular flexibility index (Phi) is 6.24. The van der Waals surface area contributed by atoms with E-state index in [0.29, 0.717) is 18.7 Å². The maximum Gasteiger partial charge on any atom is 0.260 e. The molecule has 0 aliphatic rings. The van der Waals surface area contributed by atoms with Crippen molar-refractivity contribution in [3.8, 4) is 11.5 Å². The average Bonchev–Trinajstić information content (AvgIpc) is 2.55. The molecule has 0 aliphatic heterocycles. The van der Waals surface area contributed by atoms with Crippen molar-refractivity contribution in [2.24, 2.45) is 0 Å². The number of rotatable bonds is 7. The van der Waals surface area contributed by atoms with E-state index in [4.69, 9.17) is 9.47 Å². The van der Waals surface area contributed by atoms with E-state index in [9.17, 15) is 4.79 Å². The zero-order valence-corrected chi connectivity index (χ0v) is 14.8. The molecular weight excluding hydrogens is 302 g/mol. The second-order valence-electron chi connectivity index (χ2n) is 5.93. The van der Waals surface area contributed by atoms with Crippen LogP contribution >= 0.6 is 0 Å². The lowest BCUT2D eigenvalue weighted by Gasteiger charge is -2.15. The van der Waals surface area contributed by atoms with Gasteiger partial charge in [0.25, 0.3) is 5.91 Å². The SMILES string of the molecule is COc1ccc(C)cc1CCNC(=O)C(C)Oc1cccc(C)c1. The van der Waals surface area contributed by atoms with Crippen LogP contribution < -0.4 is 14.8 Å². The van der Waals surface area contributed by atoms with Gasteiger partial charge >= 0.3 is 0 Å². The molecule has 4 heteroatoms. The van der Waals surface area contributed by atoms with Gasteiger partial charge in [-0.1, -0.05) is 29.8 Å². The third kappa shape index (κ3) is 5.01. The highest BCUT2D eigenvalue weighted by atomic mass is 16.5. The summed E-state index contributed by atoms with van der Waals surface area (Å²) >= 11 is 0. The van der Waals surface area contributed by atoms with Crippen molar-refractivity contribution in [2.75, 3.05) is 13.7 Å². The lowest BCUT2D eigenvalue weighted by atomic mass is 10.1. The van der Waals surface area contributed by atoms with E-state index < -0.39 is 6.10 Å². The summed E-state index contributed by atoms with van der Waals surface area (Å²) in [6, 6.07) is 13.7. The molecule has 2 rings (SSSR count). The van der Waals surface area contributed by atoms with Crippen LogP contribution in [0.3, 0.4) is 0 Å². The zero-order valence-electron chi connectivity index (χ0n) is 14.8. The maximum atomic E-state index is 12.2. The van der Waals surface area contributed by atoms with Gasteiger partial charge in [0, 0.05) is 6.54 Å². The van der Waals surface area contributed by atoms with Gasteiger partial charge in [-0.25, -0.2) is 0 Å². The topological polar surface area (TPSA) is 47.6 Å². The molecule has 1 N–H and O–H groups in total. The molecule has 4 nitrogen and oxygen atoms in total. The van der Waals surface area contributed by atoms with Crippen molar-refractivity contribution >= 4 is 5.91 Å². The van der Waals surface area contributed by atoms with E-state index in [2.05, 4.69) is 11.4 Å². The van der Waals surface area contributed by atoms with Crippen LogP contribution in [-0.2, 0) is 11.2 Å². The molecule has 0 bridgehead atoms. The molecule has 0 heterocycles. The largest absolute Gasteiger partial charge is 0.496 e. The Balaban J connectivity index is 1.85. The normalized spacial score (nSPS) is 11.7. The summed E-state index contributed by atoms with van der Waals surface area (Å²) in [7, 11) is 1.66. The molecule has 0 saturated carbocycles. The minimum absolute atomic E-state index is 0.122. The average molecular weight is 327 g/mol. The van der Waals surface area contributed by atoms with Gasteiger partial charge in [-0.05, 0) is 56.5 Å². The van der Waals surface area contributed by atoms with Crippen molar-refractivity contribution < 1.29 is 14.3 Å². The Morgan fingerprint density at radius 2 is 1.88 bits per heavy atom. The molecule has 24 heavy (non-hydrogen) atoms. The van der Waals surface area contributed by atoms with Crippen molar-refractivity contribution in [3.63, 3.8) is 0 Å². The number of carbonyl (C=O) groups excluding carboxylic acids is 1. The Morgan fingerprint density at radius 1 is 1.12 bits per heavy atom. The lowest BCUT2D eigenvalue weighted by molar-refractivity contribution is -0.127. The fraction of sp³-hybridized carbons (Fsp3) is 0.350. The minimum Gasteiger partial charge on any atom is -0.496 e. The molecule has 0 saturated heterocycles. The molecule has 1 unspecified atom stereocenters. The quantitative estimate of drug-likeness (QED) is 0.847. The lowest BCUT2D eigenvalue weighted by Crippen LogP contribution is -2.37. The third-order valence-electron chi connectivity index (χ3n) is 3.80. The molecule has 0 fully saturated rings. The highest BCUT2D eigenvalue weighted by Gasteiger charge is 2.14. The Bertz CT molecular complexity index is 697. The number of methoxy groups -OCH3 is 1. The van der Waals surface area contributed by atoms with Crippen LogP contribution in [0.1, 0.15) is 23.6 Å². The van der Waals surface area contributed by atoms with Crippen molar-refractivity contribution in [2.45, 2.75) is 33.3 Å². The van der Waals surface area contributed by atoms with E-state index in [0.717, 1.165) is 16.9 Å². The summed E-state index contributed by atoms with van der Waals surface area (Å²) in [6.07, 6.45) is 0.180. The first kappa shape index (κ1) is 17.9. The standard InChI is InChI=1S/C20H25NO3/c1-14-6-5-7-18(13-14)24-16(3)20(22)21-11-10-17-12-15(2)8-9-19(17)23-4/h5-9,12-13,16H,10-11H2,1-4H3,(H,21,22). The van der Waals surface area contributed by atoms with Gasteiger partial charge in [-0.3, -0.25) is 4.79 Å². The molecule has 128 valence electrons. The van der Waals surface area contributed by atoms with Gasteiger partial charge in [0.1, 0.15) is 11.5 Å². The van der Waals surface area contributed by atoms with E-state index in [1.165, 1.54) is 5.56 Å². The van der Waals surface area contributed by atoms with Crippen LogP contribution in [0.5, 0.6) is 11.5 Å². The zero-order chi connectivity index (χ0) is 17.5. The first-order valence-corrected chi connectivity index (χ1v) is 8.14. The first-order chi connectivity index (χ1) is 11.5. The van der Waals surface area contributed by atoms with Gasteiger partial charge < -0.3 is 14.8 Å². The van der Waals surface area contributed by atoms with Crippen molar-refractivity contribution in [1.82, 2.24) is 5.32 Å². The van der Waals surface area contributed by atoms with Crippen LogP contribution in [0.25, 0.3) is 0 Å². The number of hydrogen-bond donors (Lipinski definition) is 1. The number of hydrogen-bond acceptors (Lipinski definition) is 3. The van der Waals surface area contributed by atoms with Crippen molar-refractivity contribution in [1.29, 1.82) is 0 Å². The summed E-state index contributed by atoms with van der Waals surface area (Å²) in [6.45, 7) is 6.33. The van der Waals surface area contributed by atoms with Crippen LogP contribution in [0.4, 0.5) is 0 Å². The van der Waals surface area contributed by atoms with Crippen LogP contribution in [-0.4, -0.2) is 25.7 Å². The fourth-order valence-electron chi connectivity index (χ4n) is 2.51. The number of carbonyl (C=O) groups is 1. The summed E-state index contributed by atoms with van der Waals surface area (Å²) < 4.78 is 11.0. The van der Waals surface area contributed by atoms with E-state index in [1.54, 1.807) is 14.0 Å². The number of ether oxygens (including phenoxy) is 2. The molecule has 1 atom stereocenters. The molecule has 1 amide bonds. The molecule has 2 aromatic rings. The number of benzene rings is 2. The third-order valence-corrected chi connectivity index (χ3v) is 3.80. The Labute approximate surface area is 143 Å². The van der Waals surface area contributed by atoms with Gasteiger partial charge in [-0.15, -0.1) is 0 Å². The molecule has 2 aromatic carbocycles. The van der Waals surface area contributed by atoms with E-state index in [-0.39, 0.29) is 5.91 Å². The van der Waals surface area contributed by atoms with Gasteiger partial charge in [-0.2, -0.15) is 0 Å². The smallest absolute Gasteiger partial charge is 0.260 e. The summed E-state index contributed by atoms with van der Waals surface area (Å²) in [4.78, 5) is 12.2. The van der Waals surface area contributed by atoms with Gasteiger partial charge in [0.15, 0.2) is 6.10 Å². The van der Waals surface area contributed by atoms with Crippen LogP contribution in [0, 0.1) is 13.8 Å². The molecule has 0 aromatic heterocycles. The van der Waals surface area contributed by atoms with E-state index >= 15 is 0 Å². The van der Waals surface area contributed by atoms with Gasteiger partial charge in [0.2, 0.25) is 0 Å². The van der Waals surface area contributed by atoms with Crippen molar-refractivity contribution in [3.05, 3.63) is 59.2 Å². The molecule has 0 aliphatic carbocycles.